The van der Waals surface area contributed by atoms with Gasteiger partial charge in [0.15, 0.2) is 12.2 Å². The summed E-state index contributed by atoms with van der Waals surface area (Å²) in [4.78, 5) is 73.4. The third-order valence-electron chi connectivity index (χ3n) is 21.1. The number of hydrogen-bond donors (Lipinski definition) is 3. The highest BCUT2D eigenvalue weighted by atomic mass is 31.2. The predicted molar refractivity (Wildman–Crippen MR) is 442 cm³/mol. The van der Waals surface area contributed by atoms with Gasteiger partial charge in [-0.3, -0.25) is 37.3 Å². The first-order chi connectivity index (χ1) is 52.1. The van der Waals surface area contributed by atoms with Crippen molar-refractivity contribution in [3.63, 3.8) is 0 Å². The van der Waals surface area contributed by atoms with Crippen LogP contribution in [-0.2, 0) is 65.4 Å². The first kappa shape index (κ1) is 105. The molecule has 0 aromatic rings. The lowest BCUT2D eigenvalue weighted by Gasteiger charge is -2.21. The average molecular weight is 1560 g/mol. The van der Waals surface area contributed by atoms with Crippen LogP contribution in [0.15, 0.2) is 0 Å². The molecule has 3 unspecified atom stereocenters. The second-order valence-corrected chi connectivity index (χ2v) is 34.8. The molecule has 3 N–H and O–H groups in total. The molecule has 0 heterocycles. The average Bonchev–Trinajstić information content (AvgIpc) is 0.902. The van der Waals surface area contributed by atoms with Crippen molar-refractivity contribution in [3.05, 3.63) is 0 Å². The lowest BCUT2D eigenvalue weighted by atomic mass is 9.99. The Morgan fingerprint density at radius 2 is 0.449 bits per heavy atom. The Balaban J connectivity index is 5.27. The van der Waals surface area contributed by atoms with Crippen LogP contribution < -0.4 is 0 Å². The van der Waals surface area contributed by atoms with Crippen molar-refractivity contribution in [2.75, 3.05) is 39.6 Å². The fourth-order valence-corrected chi connectivity index (χ4v) is 15.4. The van der Waals surface area contributed by atoms with E-state index in [9.17, 15) is 43.2 Å². The van der Waals surface area contributed by atoms with Gasteiger partial charge in [-0.1, -0.05) is 426 Å². The van der Waals surface area contributed by atoms with Gasteiger partial charge in [-0.25, -0.2) is 9.13 Å². The van der Waals surface area contributed by atoms with Crippen molar-refractivity contribution in [2.45, 2.75) is 496 Å². The van der Waals surface area contributed by atoms with E-state index in [2.05, 4.69) is 34.6 Å². The Morgan fingerprint density at radius 3 is 0.664 bits per heavy atom. The number of carbonyl (C=O) groups is 4. The molecule has 0 aliphatic carbocycles. The zero-order chi connectivity index (χ0) is 78.3. The third kappa shape index (κ3) is 80.5. The van der Waals surface area contributed by atoms with Gasteiger partial charge in [0, 0.05) is 25.7 Å². The van der Waals surface area contributed by atoms with E-state index >= 15 is 0 Å². The van der Waals surface area contributed by atoms with Crippen LogP contribution in [0.1, 0.15) is 478 Å². The van der Waals surface area contributed by atoms with E-state index in [0.717, 1.165) is 95.8 Å². The van der Waals surface area contributed by atoms with Gasteiger partial charge in [0.25, 0.3) is 0 Å². The van der Waals surface area contributed by atoms with Crippen molar-refractivity contribution >= 4 is 39.5 Å². The zero-order valence-electron chi connectivity index (χ0n) is 70.3. The quantitative estimate of drug-likeness (QED) is 0.0222. The summed E-state index contributed by atoms with van der Waals surface area (Å²) >= 11 is 0. The Labute approximate surface area is 658 Å². The molecule has 0 aromatic carbocycles. The number of phosphoric acid groups is 2. The summed E-state index contributed by atoms with van der Waals surface area (Å²) in [5, 5.41) is 10.7. The standard InChI is InChI=1S/C88H172O17P2/c1-6-10-13-16-19-22-25-28-30-32-34-36-42-47-52-57-62-67-72-86(91)99-78-84(105-88(93)74-69-64-59-54-49-44-39-38-41-45-50-55-60-65-70-81(5)9-4)80-103-107(96,97)101-76-82(89)75-100-106(94,95)102-79-83(77-98-85(90)71-66-61-56-51-46-40-27-24-21-18-15-12-8-3)104-87(92)73-68-63-58-53-48-43-37-35-33-31-29-26-23-20-17-14-11-7-2/h81-84,89H,6-80H2,1-5H3,(H,94,95)(H,96,97)/t81?,82-,83+,84+/m0/s1. The molecule has 0 spiro atoms. The highest BCUT2D eigenvalue weighted by molar-refractivity contribution is 7.47. The van der Waals surface area contributed by atoms with Crippen LogP contribution in [0.5, 0.6) is 0 Å². The summed E-state index contributed by atoms with van der Waals surface area (Å²) in [5.41, 5.74) is 0. The molecule has 0 radical (unpaired) electrons. The molecule has 0 aliphatic rings. The molecule has 0 bridgehead atoms. The normalized spacial score (nSPS) is 14.0. The number of rotatable bonds is 88. The number of carbonyl (C=O) groups excluding carboxylic acids is 4. The second kappa shape index (κ2) is 80.7. The topological polar surface area (TPSA) is 237 Å². The number of aliphatic hydroxyl groups is 1. The van der Waals surface area contributed by atoms with Crippen molar-refractivity contribution in [3.8, 4) is 0 Å². The van der Waals surface area contributed by atoms with Gasteiger partial charge in [0.05, 0.1) is 26.4 Å². The second-order valence-electron chi connectivity index (χ2n) is 31.9. The van der Waals surface area contributed by atoms with Gasteiger partial charge in [-0.15, -0.1) is 0 Å². The van der Waals surface area contributed by atoms with E-state index in [4.69, 9.17) is 37.0 Å². The number of ether oxygens (including phenoxy) is 4. The highest BCUT2D eigenvalue weighted by Gasteiger charge is 2.30. The molecule has 0 saturated heterocycles. The molecule has 636 valence electrons. The van der Waals surface area contributed by atoms with E-state index in [1.54, 1.807) is 0 Å². The van der Waals surface area contributed by atoms with Crippen LogP contribution in [0.3, 0.4) is 0 Å². The van der Waals surface area contributed by atoms with Crippen LogP contribution >= 0.6 is 15.6 Å². The summed E-state index contributed by atoms with van der Waals surface area (Å²) in [7, 11) is -9.93. The molecule has 19 heteroatoms. The van der Waals surface area contributed by atoms with Crippen LogP contribution in [0, 0.1) is 5.92 Å². The van der Waals surface area contributed by atoms with Gasteiger partial charge < -0.3 is 33.8 Å². The molecule has 0 amide bonds. The van der Waals surface area contributed by atoms with Crippen molar-refractivity contribution in [1.29, 1.82) is 0 Å². The van der Waals surface area contributed by atoms with Gasteiger partial charge in [-0.05, 0) is 31.6 Å². The lowest BCUT2D eigenvalue weighted by molar-refractivity contribution is -0.161. The first-order valence-electron chi connectivity index (χ1n) is 45.7. The summed E-state index contributed by atoms with van der Waals surface area (Å²) in [5.74, 6) is -1.25. The number of unbranched alkanes of at least 4 members (excludes halogenated alkanes) is 59. The van der Waals surface area contributed by atoms with Crippen molar-refractivity contribution < 1.29 is 80.2 Å². The Hall–Kier alpha value is -1.94. The SMILES string of the molecule is CCCCCCCCCCCCCCCCCCCCC(=O)OC[C@H](COP(=O)(O)OC[C@@H](O)COP(=O)(O)OC[C@@H](COC(=O)CCCCCCCCCCCCCCC)OC(=O)CCCCCCCCCCCCCCCCCCCC)OC(=O)CCCCCCCCCCCCCCCCC(C)CC. The summed E-state index contributed by atoms with van der Waals surface area (Å²) in [6.07, 6.45) is 74.8. The summed E-state index contributed by atoms with van der Waals surface area (Å²) < 4.78 is 69.0. The maximum absolute atomic E-state index is 13.2. The summed E-state index contributed by atoms with van der Waals surface area (Å²) in [6.45, 7) is 7.44. The molecule has 0 saturated carbocycles. The van der Waals surface area contributed by atoms with E-state index in [-0.39, 0.29) is 25.7 Å². The summed E-state index contributed by atoms with van der Waals surface area (Å²) in [6, 6.07) is 0. The van der Waals surface area contributed by atoms with E-state index in [1.165, 1.54) is 302 Å². The fourth-order valence-electron chi connectivity index (χ4n) is 13.8. The third-order valence-corrected chi connectivity index (χ3v) is 23.0. The Morgan fingerprint density at radius 1 is 0.262 bits per heavy atom. The predicted octanol–water partition coefficient (Wildman–Crippen LogP) is 27.2. The van der Waals surface area contributed by atoms with Crippen LogP contribution in [0.25, 0.3) is 0 Å². The van der Waals surface area contributed by atoms with Crippen LogP contribution in [0.2, 0.25) is 0 Å². The zero-order valence-corrected chi connectivity index (χ0v) is 72.1. The fraction of sp³-hybridized carbons (Fsp3) is 0.955. The smallest absolute Gasteiger partial charge is 0.462 e. The minimum atomic E-state index is -4.97. The van der Waals surface area contributed by atoms with E-state index in [0.29, 0.717) is 25.7 Å². The number of esters is 4. The van der Waals surface area contributed by atoms with Crippen molar-refractivity contribution in [1.82, 2.24) is 0 Å². The van der Waals surface area contributed by atoms with Crippen molar-refractivity contribution in [2.24, 2.45) is 5.92 Å². The monoisotopic (exact) mass is 1560 g/mol. The van der Waals surface area contributed by atoms with Gasteiger partial charge in [0.2, 0.25) is 0 Å². The largest absolute Gasteiger partial charge is 0.472 e. The molecule has 6 atom stereocenters. The minimum Gasteiger partial charge on any atom is -0.462 e. The molecule has 0 fully saturated rings. The molecular formula is C88H172O17P2. The molecule has 0 rings (SSSR count). The Kier molecular flexibility index (Phi) is 79.2. The minimum absolute atomic E-state index is 0.109. The van der Waals surface area contributed by atoms with E-state index < -0.39 is 97.5 Å². The maximum atomic E-state index is 13.2. The van der Waals surface area contributed by atoms with Gasteiger partial charge in [-0.2, -0.15) is 0 Å². The van der Waals surface area contributed by atoms with Gasteiger partial charge in [0.1, 0.15) is 19.3 Å². The number of hydrogen-bond acceptors (Lipinski definition) is 15. The highest BCUT2D eigenvalue weighted by Crippen LogP contribution is 2.45. The van der Waals surface area contributed by atoms with Gasteiger partial charge >= 0.3 is 39.5 Å². The first-order valence-corrected chi connectivity index (χ1v) is 48.7. The number of phosphoric ester groups is 2. The van der Waals surface area contributed by atoms with Crippen LogP contribution in [0.4, 0.5) is 0 Å². The molecule has 0 aliphatic heterocycles. The molecule has 107 heavy (non-hydrogen) atoms. The lowest BCUT2D eigenvalue weighted by Crippen LogP contribution is -2.30. The Bertz CT molecular complexity index is 2030. The number of aliphatic hydroxyl groups excluding tert-OH is 1. The molecule has 17 nitrogen and oxygen atoms in total. The molecule has 0 aromatic heterocycles. The maximum Gasteiger partial charge on any atom is 0.472 e. The van der Waals surface area contributed by atoms with E-state index in [1.807, 2.05) is 0 Å². The molecular weight excluding hydrogens is 1390 g/mol. The van der Waals surface area contributed by atoms with Crippen LogP contribution in [-0.4, -0.2) is 96.7 Å².